The average molecular weight is 291 g/mol. The van der Waals surface area contributed by atoms with E-state index in [2.05, 4.69) is 16.3 Å². The zero-order valence-electron chi connectivity index (χ0n) is 9.83. The van der Waals surface area contributed by atoms with Crippen molar-refractivity contribution in [3.05, 3.63) is 21.3 Å². The van der Waals surface area contributed by atoms with Gasteiger partial charge in [-0.15, -0.1) is 11.3 Å². The van der Waals surface area contributed by atoms with E-state index in [0.717, 1.165) is 42.2 Å². The Kier molecular flexibility index (Phi) is 4.62. The number of hydrogen-bond donors (Lipinski definition) is 2. The van der Waals surface area contributed by atoms with Gasteiger partial charge >= 0.3 is 0 Å². The van der Waals surface area contributed by atoms with Gasteiger partial charge in [0.2, 0.25) is 0 Å². The monoisotopic (exact) mass is 290 g/mol. The van der Waals surface area contributed by atoms with Gasteiger partial charge < -0.3 is 15.1 Å². The molecule has 2 rings (SSSR count). The molecule has 0 amide bonds. The molecule has 0 aromatic carbocycles. The molecule has 3 nitrogen and oxygen atoms in total. The Bertz CT molecular complexity index is 386. The van der Waals surface area contributed by atoms with Gasteiger partial charge in [-0.2, -0.15) is 0 Å². The maximum atomic E-state index is 5.94. The number of nitrogens with zero attached hydrogens (tertiary/aromatic N) is 1. The minimum Gasteiger partial charge on any atom is -0.366 e. The Balaban J connectivity index is 1.81. The average Bonchev–Trinajstić information content (AvgIpc) is 2.75. The molecule has 1 aromatic heterocycles. The number of quaternary nitrogens is 1. The second-order valence-corrected chi connectivity index (χ2v) is 6.36. The van der Waals surface area contributed by atoms with Gasteiger partial charge in [0.25, 0.3) is 0 Å². The van der Waals surface area contributed by atoms with Crippen molar-refractivity contribution < 1.29 is 4.90 Å². The Labute approximate surface area is 116 Å². The van der Waals surface area contributed by atoms with Gasteiger partial charge in [0, 0.05) is 7.05 Å². The Morgan fingerprint density at radius 2 is 2.24 bits per heavy atom. The molecule has 6 heteroatoms. The van der Waals surface area contributed by atoms with Crippen LogP contribution in [0.2, 0.25) is 4.34 Å². The summed E-state index contributed by atoms with van der Waals surface area (Å²) in [6.07, 6.45) is 0. The third-order valence-corrected chi connectivity index (χ3v) is 4.72. The molecule has 1 aliphatic rings. The summed E-state index contributed by atoms with van der Waals surface area (Å²) in [5.74, 6) is 0. The zero-order chi connectivity index (χ0) is 12.3. The quantitative estimate of drug-likeness (QED) is 0.779. The smallest absolute Gasteiger partial charge is 0.169 e. The largest absolute Gasteiger partial charge is 0.366 e. The Morgan fingerprint density at radius 1 is 1.53 bits per heavy atom. The summed E-state index contributed by atoms with van der Waals surface area (Å²) in [5, 5.41) is 3.90. The molecule has 1 fully saturated rings. The molecule has 1 saturated heterocycles. The van der Waals surface area contributed by atoms with Crippen molar-refractivity contribution in [3.63, 3.8) is 0 Å². The van der Waals surface area contributed by atoms with Gasteiger partial charge in [-0.25, -0.2) is 0 Å². The van der Waals surface area contributed by atoms with E-state index in [1.165, 1.54) is 4.88 Å². The van der Waals surface area contributed by atoms with E-state index in [-0.39, 0.29) is 0 Å². The van der Waals surface area contributed by atoms with Crippen molar-refractivity contribution in [2.45, 2.75) is 6.54 Å². The molecule has 0 atom stereocenters. The molecule has 2 heterocycles. The van der Waals surface area contributed by atoms with Gasteiger partial charge in [-0.1, -0.05) is 11.6 Å². The summed E-state index contributed by atoms with van der Waals surface area (Å²) in [4.78, 5) is 5.22. The van der Waals surface area contributed by atoms with Gasteiger partial charge in [0.05, 0.1) is 35.4 Å². The van der Waals surface area contributed by atoms with Crippen LogP contribution in [0.25, 0.3) is 0 Å². The van der Waals surface area contributed by atoms with E-state index in [9.17, 15) is 0 Å². The van der Waals surface area contributed by atoms with Crippen LogP contribution in [0.3, 0.4) is 0 Å². The SMILES string of the molecule is CNC(=S)N1CC[NH+](Cc2ccc(Cl)s2)CC1. The molecule has 1 aromatic rings. The molecule has 0 saturated carbocycles. The fourth-order valence-corrected chi connectivity index (χ4v) is 3.40. The van der Waals surface area contributed by atoms with Crippen molar-refractivity contribution >= 4 is 40.3 Å². The zero-order valence-corrected chi connectivity index (χ0v) is 12.2. The van der Waals surface area contributed by atoms with Crippen LogP contribution in [0.5, 0.6) is 0 Å². The second-order valence-electron chi connectivity index (χ2n) is 4.17. The lowest BCUT2D eigenvalue weighted by atomic mass is 10.3. The summed E-state index contributed by atoms with van der Waals surface area (Å²) >= 11 is 12.9. The van der Waals surface area contributed by atoms with Crippen LogP contribution in [0, 0.1) is 0 Å². The van der Waals surface area contributed by atoms with Gasteiger partial charge in [0.15, 0.2) is 5.11 Å². The van der Waals surface area contributed by atoms with Crippen LogP contribution >= 0.6 is 35.2 Å². The first-order chi connectivity index (χ1) is 8.19. The van der Waals surface area contributed by atoms with E-state index in [4.69, 9.17) is 23.8 Å². The number of hydrogen-bond acceptors (Lipinski definition) is 2. The van der Waals surface area contributed by atoms with Crippen molar-refractivity contribution in [1.29, 1.82) is 0 Å². The maximum Gasteiger partial charge on any atom is 0.169 e. The van der Waals surface area contributed by atoms with Crippen LogP contribution in [-0.2, 0) is 6.54 Å². The molecule has 0 bridgehead atoms. The molecule has 0 spiro atoms. The molecular formula is C11H17ClN3S2+. The van der Waals surface area contributed by atoms with E-state index in [0.29, 0.717) is 0 Å². The molecular weight excluding hydrogens is 274 g/mol. The molecule has 94 valence electrons. The van der Waals surface area contributed by atoms with Crippen molar-refractivity contribution in [2.24, 2.45) is 0 Å². The molecule has 0 unspecified atom stereocenters. The van der Waals surface area contributed by atoms with Crippen molar-refractivity contribution in [2.75, 3.05) is 33.2 Å². The maximum absolute atomic E-state index is 5.94. The van der Waals surface area contributed by atoms with Crippen LogP contribution in [0.4, 0.5) is 0 Å². The molecule has 0 aliphatic carbocycles. The molecule has 17 heavy (non-hydrogen) atoms. The summed E-state index contributed by atoms with van der Waals surface area (Å²) in [6.45, 7) is 5.43. The first-order valence-electron chi connectivity index (χ1n) is 5.73. The lowest BCUT2D eigenvalue weighted by molar-refractivity contribution is -0.917. The summed E-state index contributed by atoms with van der Waals surface area (Å²) in [7, 11) is 1.88. The number of piperazine rings is 1. The number of halogens is 1. The van der Waals surface area contributed by atoms with Crippen LogP contribution in [-0.4, -0.2) is 43.2 Å². The highest BCUT2D eigenvalue weighted by atomic mass is 35.5. The predicted octanol–water partition coefficient (Wildman–Crippen LogP) is 0.606. The van der Waals surface area contributed by atoms with Crippen LogP contribution in [0.1, 0.15) is 4.88 Å². The summed E-state index contributed by atoms with van der Waals surface area (Å²) < 4.78 is 0.884. The number of rotatable bonds is 2. The lowest BCUT2D eigenvalue weighted by Gasteiger charge is -2.33. The van der Waals surface area contributed by atoms with Crippen molar-refractivity contribution in [3.8, 4) is 0 Å². The normalized spacial score (nSPS) is 17.2. The van der Waals surface area contributed by atoms with Gasteiger partial charge in [-0.05, 0) is 24.4 Å². The Hall–Kier alpha value is -0.360. The van der Waals surface area contributed by atoms with E-state index < -0.39 is 0 Å². The highest BCUT2D eigenvalue weighted by Crippen LogP contribution is 2.20. The lowest BCUT2D eigenvalue weighted by Crippen LogP contribution is -3.13. The third kappa shape index (κ3) is 3.55. The van der Waals surface area contributed by atoms with E-state index in [1.807, 2.05) is 13.1 Å². The van der Waals surface area contributed by atoms with Crippen LogP contribution in [0.15, 0.2) is 12.1 Å². The van der Waals surface area contributed by atoms with E-state index >= 15 is 0 Å². The Morgan fingerprint density at radius 3 is 2.76 bits per heavy atom. The molecule has 0 radical (unpaired) electrons. The number of nitrogens with one attached hydrogen (secondary N) is 2. The first kappa shape index (κ1) is 13.1. The van der Waals surface area contributed by atoms with Gasteiger partial charge in [-0.3, -0.25) is 0 Å². The third-order valence-electron chi connectivity index (χ3n) is 3.02. The summed E-state index contributed by atoms with van der Waals surface area (Å²) in [5.41, 5.74) is 0. The van der Waals surface area contributed by atoms with Gasteiger partial charge in [0.1, 0.15) is 6.54 Å². The standard InChI is InChI=1S/C11H16ClN3S2/c1-13-11(16)15-6-4-14(5-7-15)8-9-2-3-10(12)17-9/h2-3H,4-8H2,1H3,(H,13,16)/p+1. The second kappa shape index (κ2) is 6.00. The highest BCUT2D eigenvalue weighted by Gasteiger charge is 2.21. The fraction of sp³-hybridized carbons (Fsp3) is 0.545. The molecule has 1 aliphatic heterocycles. The minimum absolute atomic E-state index is 0.864. The van der Waals surface area contributed by atoms with E-state index in [1.54, 1.807) is 16.2 Å². The fourth-order valence-electron chi connectivity index (χ4n) is 2.05. The summed E-state index contributed by atoms with van der Waals surface area (Å²) in [6, 6.07) is 4.11. The first-order valence-corrected chi connectivity index (χ1v) is 7.34. The van der Waals surface area contributed by atoms with Crippen molar-refractivity contribution in [1.82, 2.24) is 10.2 Å². The number of thiocarbonyl (C=S) groups is 1. The highest BCUT2D eigenvalue weighted by molar-refractivity contribution is 7.80. The minimum atomic E-state index is 0.864. The number of thiophene rings is 1. The van der Waals surface area contributed by atoms with Crippen LogP contribution < -0.4 is 10.2 Å². The molecule has 2 N–H and O–H groups in total. The predicted molar refractivity (Wildman–Crippen MR) is 77.0 cm³/mol. The topological polar surface area (TPSA) is 19.7 Å².